The molecule has 0 aliphatic rings. The Labute approximate surface area is 86.8 Å². The van der Waals surface area contributed by atoms with Gasteiger partial charge in [0.15, 0.2) is 0 Å². The molecule has 0 spiro atoms. The third kappa shape index (κ3) is 1.87. The van der Waals surface area contributed by atoms with Crippen LogP contribution in [-0.2, 0) is 0 Å². The molecule has 2 N–H and O–H groups in total. The van der Waals surface area contributed by atoms with Crippen LogP contribution in [0.1, 0.15) is 0 Å². The van der Waals surface area contributed by atoms with E-state index in [1.165, 1.54) is 6.07 Å². The fraction of sp³-hybridized carbons (Fsp3) is 0. The van der Waals surface area contributed by atoms with Gasteiger partial charge < -0.3 is 5.32 Å². The summed E-state index contributed by atoms with van der Waals surface area (Å²) in [6.07, 6.45) is 0. The number of aromatic nitrogens is 4. The summed E-state index contributed by atoms with van der Waals surface area (Å²) in [6, 6.07) is 4.54. The van der Waals surface area contributed by atoms with E-state index >= 15 is 0 Å². The molecule has 0 aliphatic carbocycles. The summed E-state index contributed by atoms with van der Waals surface area (Å²) >= 11 is 3.23. The van der Waals surface area contributed by atoms with E-state index in [1.807, 2.05) is 0 Å². The fourth-order valence-corrected chi connectivity index (χ4v) is 1.29. The molecular weight excluding hydrogens is 253 g/mol. The minimum absolute atomic E-state index is 0.224. The number of hydrogen-bond donors (Lipinski definition) is 2. The maximum Gasteiger partial charge on any atom is 0.267 e. The van der Waals surface area contributed by atoms with Crippen LogP contribution in [0, 0.1) is 5.82 Å². The number of hydrogen-bond acceptors (Lipinski definition) is 4. The van der Waals surface area contributed by atoms with Gasteiger partial charge in [0.25, 0.3) is 5.95 Å². The van der Waals surface area contributed by atoms with Crippen LogP contribution in [0.3, 0.4) is 0 Å². The van der Waals surface area contributed by atoms with Gasteiger partial charge in [-0.1, -0.05) is 21.0 Å². The van der Waals surface area contributed by atoms with Crippen molar-refractivity contribution in [3.63, 3.8) is 0 Å². The van der Waals surface area contributed by atoms with Crippen LogP contribution in [0.25, 0.3) is 0 Å². The first-order chi connectivity index (χ1) is 6.75. The van der Waals surface area contributed by atoms with E-state index in [-0.39, 0.29) is 11.8 Å². The number of nitrogens with zero attached hydrogens (tertiary/aromatic N) is 3. The zero-order chi connectivity index (χ0) is 9.97. The maximum atomic E-state index is 13.2. The molecule has 1 aromatic carbocycles. The second kappa shape index (κ2) is 3.70. The van der Waals surface area contributed by atoms with Crippen molar-refractivity contribution in [1.29, 1.82) is 0 Å². The largest absolute Gasteiger partial charge is 0.319 e. The van der Waals surface area contributed by atoms with Crippen LogP contribution in [0.5, 0.6) is 0 Å². The van der Waals surface area contributed by atoms with Gasteiger partial charge in [-0.2, -0.15) is 5.21 Å². The van der Waals surface area contributed by atoms with Crippen molar-refractivity contribution in [1.82, 2.24) is 20.6 Å². The van der Waals surface area contributed by atoms with E-state index in [0.717, 1.165) is 4.47 Å². The van der Waals surface area contributed by atoms with E-state index in [2.05, 4.69) is 41.9 Å². The number of benzene rings is 1. The molecule has 1 aromatic heterocycles. The van der Waals surface area contributed by atoms with Crippen LogP contribution in [-0.4, -0.2) is 20.6 Å². The lowest BCUT2D eigenvalue weighted by Gasteiger charge is -2.02. The molecule has 5 nitrogen and oxygen atoms in total. The lowest BCUT2D eigenvalue weighted by atomic mass is 10.3. The molecule has 0 radical (unpaired) electrons. The van der Waals surface area contributed by atoms with Crippen LogP contribution >= 0.6 is 15.9 Å². The Hall–Kier alpha value is -1.50. The van der Waals surface area contributed by atoms with Gasteiger partial charge in [0, 0.05) is 4.47 Å². The Morgan fingerprint density at radius 1 is 1.43 bits per heavy atom. The number of halogens is 2. The molecular formula is C7H5BrFN5. The molecule has 0 saturated carbocycles. The van der Waals surface area contributed by atoms with E-state index in [0.29, 0.717) is 5.69 Å². The van der Waals surface area contributed by atoms with E-state index < -0.39 is 0 Å². The summed E-state index contributed by atoms with van der Waals surface area (Å²) in [4.78, 5) is 0. The molecule has 0 fully saturated rings. The molecule has 0 bridgehead atoms. The molecule has 2 aromatic rings. The third-order valence-electron chi connectivity index (χ3n) is 1.52. The highest BCUT2D eigenvalue weighted by molar-refractivity contribution is 9.10. The molecule has 0 atom stereocenters. The predicted octanol–water partition coefficient (Wildman–Crippen LogP) is 1.84. The molecule has 0 aliphatic heterocycles. The highest BCUT2D eigenvalue weighted by Gasteiger charge is 2.04. The second-order valence-electron chi connectivity index (χ2n) is 2.48. The average molecular weight is 258 g/mol. The number of anilines is 2. The maximum absolute atomic E-state index is 13.2. The summed E-state index contributed by atoms with van der Waals surface area (Å²) in [7, 11) is 0. The van der Waals surface area contributed by atoms with Gasteiger partial charge >= 0.3 is 0 Å². The topological polar surface area (TPSA) is 66.5 Å². The van der Waals surface area contributed by atoms with Crippen LogP contribution in [0.4, 0.5) is 16.0 Å². The molecule has 0 saturated heterocycles. The van der Waals surface area contributed by atoms with Crippen molar-refractivity contribution in [3.05, 3.63) is 28.5 Å². The molecule has 0 amide bonds. The van der Waals surface area contributed by atoms with Gasteiger partial charge in [0.2, 0.25) is 0 Å². The first-order valence-electron chi connectivity index (χ1n) is 3.71. The Morgan fingerprint density at radius 3 is 3.00 bits per heavy atom. The highest BCUT2D eigenvalue weighted by atomic mass is 79.9. The lowest BCUT2D eigenvalue weighted by Crippen LogP contribution is -1.95. The zero-order valence-electron chi connectivity index (χ0n) is 6.83. The Bertz CT molecular complexity index is 430. The van der Waals surface area contributed by atoms with Crippen LogP contribution in [0.2, 0.25) is 0 Å². The summed E-state index contributed by atoms with van der Waals surface area (Å²) in [6.45, 7) is 0. The summed E-state index contributed by atoms with van der Waals surface area (Å²) in [5, 5.41) is 15.6. The number of tetrazole rings is 1. The van der Waals surface area contributed by atoms with Crippen LogP contribution in [0.15, 0.2) is 22.7 Å². The summed E-state index contributed by atoms with van der Waals surface area (Å²) < 4.78 is 14.0. The van der Waals surface area contributed by atoms with Crippen molar-refractivity contribution in [3.8, 4) is 0 Å². The average Bonchev–Trinajstić information content (AvgIpc) is 2.64. The standard InChI is InChI=1S/C7H5BrFN5/c8-4-1-2-5(9)6(3-4)10-7-11-13-14-12-7/h1-3H,(H2,10,11,12,13,14). The van der Waals surface area contributed by atoms with Gasteiger partial charge in [-0.15, -0.1) is 5.10 Å². The number of nitrogens with one attached hydrogen (secondary N) is 2. The molecule has 72 valence electrons. The lowest BCUT2D eigenvalue weighted by molar-refractivity contribution is 0.631. The molecule has 14 heavy (non-hydrogen) atoms. The number of rotatable bonds is 2. The van der Waals surface area contributed by atoms with Gasteiger partial charge in [0.05, 0.1) is 5.69 Å². The molecule has 2 rings (SSSR count). The monoisotopic (exact) mass is 257 g/mol. The van der Waals surface area contributed by atoms with Gasteiger partial charge in [0.1, 0.15) is 5.82 Å². The van der Waals surface area contributed by atoms with E-state index in [9.17, 15) is 4.39 Å². The quantitative estimate of drug-likeness (QED) is 0.862. The Kier molecular flexibility index (Phi) is 2.40. The highest BCUT2D eigenvalue weighted by Crippen LogP contribution is 2.21. The van der Waals surface area contributed by atoms with Crippen molar-refractivity contribution < 1.29 is 4.39 Å². The zero-order valence-corrected chi connectivity index (χ0v) is 8.42. The Morgan fingerprint density at radius 2 is 2.29 bits per heavy atom. The van der Waals surface area contributed by atoms with Gasteiger partial charge in [-0.05, 0) is 23.4 Å². The normalized spacial score (nSPS) is 10.1. The summed E-state index contributed by atoms with van der Waals surface area (Å²) in [5.74, 6) is -0.153. The summed E-state index contributed by atoms with van der Waals surface area (Å²) in [5.41, 5.74) is 0.292. The van der Waals surface area contributed by atoms with Crippen molar-refractivity contribution in [2.75, 3.05) is 5.32 Å². The van der Waals surface area contributed by atoms with E-state index in [1.54, 1.807) is 12.1 Å². The van der Waals surface area contributed by atoms with Crippen molar-refractivity contribution >= 4 is 27.6 Å². The smallest absolute Gasteiger partial charge is 0.267 e. The predicted molar refractivity (Wildman–Crippen MR) is 51.6 cm³/mol. The molecule has 0 unspecified atom stereocenters. The van der Waals surface area contributed by atoms with Crippen LogP contribution < -0.4 is 5.32 Å². The first-order valence-corrected chi connectivity index (χ1v) is 4.50. The van der Waals surface area contributed by atoms with Gasteiger partial charge in [-0.3, -0.25) is 0 Å². The third-order valence-corrected chi connectivity index (χ3v) is 2.01. The minimum Gasteiger partial charge on any atom is -0.319 e. The molecule has 7 heteroatoms. The number of aromatic amines is 1. The number of H-pyrrole nitrogens is 1. The Balaban J connectivity index is 2.28. The van der Waals surface area contributed by atoms with E-state index in [4.69, 9.17) is 0 Å². The SMILES string of the molecule is Fc1ccc(Br)cc1Nc1nn[nH]n1. The first kappa shape index (κ1) is 9.07. The molecule has 1 heterocycles. The minimum atomic E-state index is -0.377. The fourth-order valence-electron chi connectivity index (χ4n) is 0.928. The van der Waals surface area contributed by atoms with Gasteiger partial charge in [-0.25, -0.2) is 4.39 Å². The van der Waals surface area contributed by atoms with Crippen molar-refractivity contribution in [2.24, 2.45) is 0 Å². The van der Waals surface area contributed by atoms with Crippen molar-refractivity contribution in [2.45, 2.75) is 0 Å². The second-order valence-corrected chi connectivity index (χ2v) is 3.40.